The molecule has 0 spiro atoms. The van der Waals surface area contributed by atoms with E-state index in [0.29, 0.717) is 0 Å². The van der Waals surface area contributed by atoms with Gasteiger partial charge in [0.15, 0.2) is 11.5 Å². The molecular formula is C48H38N2O. The van der Waals surface area contributed by atoms with Gasteiger partial charge >= 0.3 is 0 Å². The first-order valence-electron chi connectivity index (χ1n) is 17.9. The summed E-state index contributed by atoms with van der Waals surface area (Å²) in [4.78, 5) is 4.89. The molecule has 2 heterocycles. The third kappa shape index (κ3) is 4.24. The fraction of sp³-hybridized carbons (Fsp3) is 0.125. The highest BCUT2D eigenvalue weighted by Gasteiger charge is 2.42. The zero-order valence-corrected chi connectivity index (χ0v) is 29.3. The molecule has 10 rings (SSSR count). The number of benzene rings is 7. The molecule has 51 heavy (non-hydrogen) atoms. The van der Waals surface area contributed by atoms with Gasteiger partial charge in [0.1, 0.15) is 0 Å². The second-order valence-electron chi connectivity index (χ2n) is 15.0. The summed E-state index contributed by atoms with van der Waals surface area (Å²) in [5, 5.41) is 0. The summed E-state index contributed by atoms with van der Waals surface area (Å²) in [5.41, 5.74) is 16.7. The Morgan fingerprint density at radius 3 is 1.94 bits per heavy atom. The summed E-state index contributed by atoms with van der Waals surface area (Å²) in [5.74, 6) is 1.76. The highest BCUT2D eigenvalue weighted by atomic mass is 16.5. The minimum Gasteiger partial charge on any atom is -0.453 e. The van der Waals surface area contributed by atoms with Crippen LogP contribution in [0.3, 0.4) is 0 Å². The maximum Gasteiger partial charge on any atom is 0.151 e. The number of hydrogen-bond donors (Lipinski definition) is 0. The summed E-state index contributed by atoms with van der Waals surface area (Å²) >= 11 is 0. The van der Waals surface area contributed by atoms with Crippen LogP contribution in [-0.2, 0) is 10.8 Å². The van der Waals surface area contributed by atoms with Crippen LogP contribution in [-0.4, -0.2) is 0 Å². The zero-order chi connectivity index (χ0) is 34.5. The van der Waals surface area contributed by atoms with Crippen molar-refractivity contribution in [2.75, 3.05) is 9.80 Å². The van der Waals surface area contributed by atoms with Gasteiger partial charge in [-0.15, -0.1) is 0 Å². The predicted octanol–water partition coefficient (Wildman–Crippen LogP) is 13.3. The standard InChI is InChI=1S/C48H38N2O/c1-47(2)37-19-10-8-18-35(37)36-27-25-32(29-40(36)47)49(41-21-11-9-17-34(41)31-15-6-5-7-16-31)33-26-28-38-43(30-33)50-42-22-12-13-23-44(42)51-45-24-14-20-39(46(45)50)48(38,3)4/h5-30H,1-4H3. The van der Waals surface area contributed by atoms with Gasteiger partial charge < -0.3 is 14.5 Å². The molecule has 0 unspecified atom stereocenters. The smallest absolute Gasteiger partial charge is 0.151 e. The van der Waals surface area contributed by atoms with E-state index in [1.165, 1.54) is 50.2 Å². The first kappa shape index (κ1) is 29.8. The van der Waals surface area contributed by atoms with E-state index in [1.54, 1.807) is 0 Å². The van der Waals surface area contributed by atoms with Gasteiger partial charge in [0.2, 0.25) is 0 Å². The van der Waals surface area contributed by atoms with Crippen LogP contribution >= 0.6 is 0 Å². The van der Waals surface area contributed by atoms with Gasteiger partial charge in [0.25, 0.3) is 0 Å². The molecule has 0 aromatic heterocycles. The van der Waals surface area contributed by atoms with Crippen molar-refractivity contribution in [2.45, 2.75) is 38.5 Å². The number of para-hydroxylation sites is 4. The monoisotopic (exact) mass is 658 g/mol. The van der Waals surface area contributed by atoms with Crippen LogP contribution in [0.2, 0.25) is 0 Å². The van der Waals surface area contributed by atoms with Crippen molar-refractivity contribution in [3.63, 3.8) is 0 Å². The van der Waals surface area contributed by atoms with Gasteiger partial charge in [0, 0.05) is 27.8 Å². The van der Waals surface area contributed by atoms with Crippen molar-refractivity contribution < 1.29 is 4.74 Å². The maximum atomic E-state index is 6.55. The molecule has 0 saturated heterocycles. The molecule has 246 valence electrons. The predicted molar refractivity (Wildman–Crippen MR) is 211 cm³/mol. The van der Waals surface area contributed by atoms with Gasteiger partial charge in [-0.3, -0.25) is 0 Å². The summed E-state index contributed by atoms with van der Waals surface area (Å²) in [7, 11) is 0. The van der Waals surface area contributed by atoms with E-state index in [0.717, 1.165) is 39.9 Å². The number of hydrogen-bond acceptors (Lipinski definition) is 3. The van der Waals surface area contributed by atoms with Crippen LogP contribution in [0.15, 0.2) is 158 Å². The Morgan fingerprint density at radius 1 is 0.451 bits per heavy atom. The molecule has 0 N–H and O–H groups in total. The Morgan fingerprint density at radius 2 is 1.08 bits per heavy atom. The molecule has 0 fully saturated rings. The number of nitrogens with zero attached hydrogens (tertiary/aromatic N) is 2. The lowest BCUT2D eigenvalue weighted by Gasteiger charge is -2.45. The van der Waals surface area contributed by atoms with Crippen LogP contribution in [0.1, 0.15) is 49.9 Å². The third-order valence-electron chi connectivity index (χ3n) is 11.4. The van der Waals surface area contributed by atoms with Crippen LogP contribution in [0, 0.1) is 0 Å². The van der Waals surface area contributed by atoms with Crippen molar-refractivity contribution in [3.8, 4) is 33.8 Å². The molecule has 0 atom stereocenters. The van der Waals surface area contributed by atoms with E-state index in [4.69, 9.17) is 4.74 Å². The summed E-state index contributed by atoms with van der Waals surface area (Å²) in [6.45, 7) is 9.38. The van der Waals surface area contributed by atoms with Gasteiger partial charge in [-0.2, -0.15) is 0 Å². The molecule has 2 aliphatic heterocycles. The molecule has 3 heteroatoms. The molecular weight excluding hydrogens is 621 g/mol. The Kier molecular flexibility index (Phi) is 6.27. The van der Waals surface area contributed by atoms with Crippen LogP contribution < -0.4 is 14.5 Å². The van der Waals surface area contributed by atoms with E-state index in [2.05, 4.69) is 195 Å². The van der Waals surface area contributed by atoms with E-state index in [9.17, 15) is 0 Å². The SMILES string of the molecule is CC1(C)c2ccccc2-c2ccc(N(c3ccc4c(c3)N3c5ccccc5Oc5cccc(c53)C4(C)C)c3ccccc3-c3ccccc3)cc21. The van der Waals surface area contributed by atoms with Crippen molar-refractivity contribution in [2.24, 2.45) is 0 Å². The van der Waals surface area contributed by atoms with E-state index in [-0.39, 0.29) is 10.8 Å². The number of anilines is 6. The average Bonchev–Trinajstić information content (AvgIpc) is 3.39. The second kappa shape index (κ2) is 10.7. The molecule has 1 aliphatic carbocycles. The van der Waals surface area contributed by atoms with Crippen molar-refractivity contribution in [1.82, 2.24) is 0 Å². The van der Waals surface area contributed by atoms with Crippen molar-refractivity contribution in [1.29, 1.82) is 0 Å². The van der Waals surface area contributed by atoms with E-state index >= 15 is 0 Å². The molecule has 3 nitrogen and oxygen atoms in total. The Bertz CT molecular complexity index is 2530. The first-order chi connectivity index (χ1) is 24.8. The molecule has 3 aliphatic rings. The zero-order valence-electron chi connectivity index (χ0n) is 29.3. The normalized spacial score (nSPS) is 15.1. The van der Waals surface area contributed by atoms with Crippen molar-refractivity contribution >= 4 is 34.1 Å². The number of rotatable bonds is 4. The summed E-state index contributed by atoms with van der Waals surface area (Å²) < 4.78 is 6.55. The number of fused-ring (bicyclic) bond motifs is 7. The van der Waals surface area contributed by atoms with Gasteiger partial charge in [-0.25, -0.2) is 0 Å². The molecule has 0 amide bonds. The number of ether oxygens (including phenoxy) is 1. The third-order valence-corrected chi connectivity index (χ3v) is 11.4. The molecule has 0 bridgehead atoms. The van der Waals surface area contributed by atoms with Crippen LogP contribution in [0.25, 0.3) is 22.3 Å². The fourth-order valence-corrected chi connectivity index (χ4v) is 8.86. The molecule has 0 saturated carbocycles. The molecule has 0 radical (unpaired) electrons. The average molecular weight is 659 g/mol. The van der Waals surface area contributed by atoms with Gasteiger partial charge in [-0.1, -0.05) is 137 Å². The summed E-state index contributed by atoms with van der Waals surface area (Å²) in [6, 6.07) is 57.4. The Balaban J connectivity index is 1.23. The topological polar surface area (TPSA) is 15.7 Å². The summed E-state index contributed by atoms with van der Waals surface area (Å²) in [6.07, 6.45) is 0. The second-order valence-corrected chi connectivity index (χ2v) is 15.0. The Hall–Kier alpha value is -6.06. The lowest BCUT2D eigenvalue weighted by molar-refractivity contribution is 0.471. The first-order valence-corrected chi connectivity index (χ1v) is 17.9. The van der Waals surface area contributed by atoms with E-state index < -0.39 is 0 Å². The quantitative estimate of drug-likeness (QED) is 0.187. The van der Waals surface area contributed by atoms with Gasteiger partial charge in [-0.05, 0) is 87.5 Å². The highest BCUT2D eigenvalue weighted by molar-refractivity contribution is 5.96. The minimum absolute atomic E-state index is 0.121. The Labute approximate surface area is 300 Å². The van der Waals surface area contributed by atoms with E-state index in [1.807, 2.05) is 0 Å². The highest BCUT2D eigenvalue weighted by Crippen LogP contribution is 2.60. The lowest BCUT2D eigenvalue weighted by atomic mass is 9.73. The van der Waals surface area contributed by atoms with Crippen molar-refractivity contribution in [3.05, 3.63) is 180 Å². The lowest BCUT2D eigenvalue weighted by Crippen LogP contribution is -2.32. The van der Waals surface area contributed by atoms with Crippen LogP contribution in [0.5, 0.6) is 11.5 Å². The molecule has 7 aromatic carbocycles. The maximum absolute atomic E-state index is 6.55. The minimum atomic E-state index is -0.235. The van der Waals surface area contributed by atoms with Crippen LogP contribution in [0.4, 0.5) is 34.1 Å². The largest absolute Gasteiger partial charge is 0.453 e. The van der Waals surface area contributed by atoms with Gasteiger partial charge in [0.05, 0.1) is 22.7 Å². The fourth-order valence-electron chi connectivity index (χ4n) is 8.86. The molecule has 7 aromatic rings.